The molecule has 0 N–H and O–H groups in total. The molecule has 3 aromatic rings. The minimum absolute atomic E-state index is 0.0562. The zero-order valence-electron chi connectivity index (χ0n) is 23.1. The lowest BCUT2D eigenvalue weighted by molar-refractivity contribution is -0.138. The van der Waals surface area contributed by atoms with Crippen molar-refractivity contribution in [1.82, 2.24) is 24.3 Å². The van der Waals surface area contributed by atoms with Gasteiger partial charge in [-0.25, -0.2) is 4.79 Å². The monoisotopic (exact) mass is 541 g/mol. The van der Waals surface area contributed by atoms with Crippen LogP contribution in [0.25, 0.3) is 15.9 Å². The van der Waals surface area contributed by atoms with Crippen molar-refractivity contribution in [2.45, 2.75) is 58.0 Å². The molecule has 1 unspecified atom stereocenters. The first-order chi connectivity index (χ1) is 18.3. The first-order valence-corrected chi connectivity index (χ1v) is 13.0. The lowest BCUT2D eigenvalue weighted by atomic mass is 9.95. The number of piperazine rings is 1. The Labute approximate surface area is 226 Å². The van der Waals surface area contributed by atoms with Crippen LogP contribution in [0.2, 0.25) is 0 Å². The van der Waals surface area contributed by atoms with Gasteiger partial charge in [0.2, 0.25) is 5.52 Å². The van der Waals surface area contributed by atoms with Crippen LogP contribution < -0.4 is 10.6 Å². The van der Waals surface area contributed by atoms with Crippen LogP contribution in [0.15, 0.2) is 35.1 Å². The third-order valence-electron chi connectivity index (χ3n) is 7.56. The van der Waals surface area contributed by atoms with Gasteiger partial charge < -0.3 is 14.6 Å². The van der Waals surface area contributed by atoms with E-state index in [2.05, 4.69) is 31.5 Å². The Morgan fingerprint density at radius 2 is 1.90 bits per heavy atom. The lowest BCUT2D eigenvalue weighted by Crippen LogP contribution is -2.58. The highest BCUT2D eigenvalue weighted by molar-refractivity contribution is 5.87. The van der Waals surface area contributed by atoms with E-state index in [1.54, 1.807) is 50.3 Å². The number of aryl methyl sites for hydroxylation is 1. The number of fused-ring (bicyclic) bond motifs is 1. The molecular formula is C28H34F3N7O. The number of benzene rings is 1. The van der Waals surface area contributed by atoms with Gasteiger partial charge in [-0.2, -0.15) is 18.2 Å². The number of aromatic nitrogens is 3. The van der Waals surface area contributed by atoms with Crippen molar-refractivity contribution in [3.8, 4) is 0 Å². The van der Waals surface area contributed by atoms with Gasteiger partial charge in [0, 0.05) is 44.8 Å². The minimum Gasteiger partial charge on any atom is -0.361 e. The van der Waals surface area contributed by atoms with Crippen LogP contribution in [-0.2, 0) is 19.8 Å². The molecule has 1 aliphatic rings. The van der Waals surface area contributed by atoms with Gasteiger partial charge >= 0.3 is 11.9 Å². The maximum Gasteiger partial charge on any atom is 0.416 e. The Balaban J connectivity index is 1.69. The van der Waals surface area contributed by atoms with Crippen LogP contribution in [0.5, 0.6) is 0 Å². The Morgan fingerprint density at radius 1 is 1.18 bits per heavy atom. The number of anilines is 1. The van der Waals surface area contributed by atoms with Crippen LogP contribution in [0.1, 0.15) is 49.9 Å². The molecular weight excluding hydrogens is 507 g/mol. The summed E-state index contributed by atoms with van der Waals surface area (Å²) in [4.78, 5) is 31.2. The van der Waals surface area contributed by atoms with E-state index in [9.17, 15) is 18.0 Å². The average Bonchev–Trinajstić information content (AvgIpc) is 2.89. The summed E-state index contributed by atoms with van der Waals surface area (Å²) in [5.74, 6) is 0.687. The number of halogens is 3. The number of hydrogen-bond donors (Lipinski definition) is 0. The molecule has 1 saturated heterocycles. The molecule has 0 saturated carbocycles. The van der Waals surface area contributed by atoms with Crippen LogP contribution in [0, 0.1) is 6.57 Å². The standard InChI is InChI=1S/C28H34F3N7O/c1-8-21-16-37(26-25-23(36(7)27(39)34-26)11-12-24(32-4)33-25)17(2)14-38(21)18(3)19-9-10-22(28(29,30)31)20(13-19)15-35(5)6/h9-13,17-18,21H,8,14-16H2,1-3,5-7H3/t17-,18?,21+/m0/s1. The molecule has 3 atom stereocenters. The Hall–Kier alpha value is -3.49. The summed E-state index contributed by atoms with van der Waals surface area (Å²) in [6.45, 7) is 14.9. The summed E-state index contributed by atoms with van der Waals surface area (Å²) < 4.78 is 42.5. The van der Waals surface area contributed by atoms with E-state index < -0.39 is 17.4 Å². The smallest absolute Gasteiger partial charge is 0.361 e. The van der Waals surface area contributed by atoms with Crippen LogP contribution >= 0.6 is 0 Å². The van der Waals surface area contributed by atoms with Crippen molar-refractivity contribution < 1.29 is 13.2 Å². The van der Waals surface area contributed by atoms with E-state index >= 15 is 0 Å². The zero-order chi connectivity index (χ0) is 28.6. The molecule has 4 rings (SSSR count). The predicted molar refractivity (Wildman–Crippen MR) is 146 cm³/mol. The summed E-state index contributed by atoms with van der Waals surface area (Å²) in [6.07, 6.45) is -3.62. The van der Waals surface area contributed by atoms with Gasteiger partial charge in [-0.3, -0.25) is 9.47 Å². The third-order valence-corrected chi connectivity index (χ3v) is 7.56. The molecule has 208 valence electrons. The van der Waals surface area contributed by atoms with Gasteiger partial charge in [-0.15, -0.1) is 4.98 Å². The van der Waals surface area contributed by atoms with Crippen molar-refractivity contribution in [3.05, 3.63) is 68.9 Å². The zero-order valence-corrected chi connectivity index (χ0v) is 23.1. The number of alkyl halides is 3. The molecule has 0 radical (unpaired) electrons. The topological polar surface area (TPSA) is 61.9 Å². The summed E-state index contributed by atoms with van der Waals surface area (Å²) in [7, 11) is 5.15. The Kier molecular flexibility index (Phi) is 8.00. The fourth-order valence-corrected chi connectivity index (χ4v) is 5.47. The molecule has 39 heavy (non-hydrogen) atoms. The molecule has 0 aliphatic carbocycles. The fourth-order valence-electron chi connectivity index (χ4n) is 5.47. The summed E-state index contributed by atoms with van der Waals surface area (Å²) >= 11 is 0. The lowest BCUT2D eigenvalue weighted by Gasteiger charge is -2.48. The van der Waals surface area contributed by atoms with Gasteiger partial charge in [0.15, 0.2) is 5.82 Å². The maximum absolute atomic E-state index is 13.7. The van der Waals surface area contributed by atoms with E-state index in [0.717, 1.165) is 12.0 Å². The minimum atomic E-state index is -4.41. The number of pyridine rings is 1. The second kappa shape index (κ2) is 10.9. The number of hydrogen-bond acceptors (Lipinski definition) is 6. The van der Waals surface area contributed by atoms with Gasteiger partial charge in [-0.1, -0.05) is 25.6 Å². The predicted octanol–water partition coefficient (Wildman–Crippen LogP) is 5.01. The van der Waals surface area contributed by atoms with Crippen molar-refractivity contribution in [1.29, 1.82) is 0 Å². The van der Waals surface area contributed by atoms with E-state index in [1.807, 2.05) is 13.8 Å². The molecule has 8 nitrogen and oxygen atoms in total. The highest BCUT2D eigenvalue weighted by Gasteiger charge is 2.37. The van der Waals surface area contributed by atoms with E-state index in [0.29, 0.717) is 29.9 Å². The highest BCUT2D eigenvalue weighted by Crippen LogP contribution is 2.37. The molecule has 0 bridgehead atoms. The molecule has 11 heteroatoms. The number of nitrogens with zero attached hydrogens (tertiary/aromatic N) is 7. The van der Waals surface area contributed by atoms with Crippen LogP contribution in [0.4, 0.5) is 24.8 Å². The molecule has 1 aliphatic heterocycles. The molecule has 3 heterocycles. The average molecular weight is 542 g/mol. The van der Waals surface area contributed by atoms with Crippen molar-refractivity contribution in [2.24, 2.45) is 7.05 Å². The second-order valence-electron chi connectivity index (χ2n) is 10.5. The van der Waals surface area contributed by atoms with Crippen LogP contribution in [0.3, 0.4) is 0 Å². The third kappa shape index (κ3) is 5.63. The first-order valence-electron chi connectivity index (χ1n) is 13.0. The van der Waals surface area contributed by atoms with Crippen molar-refractivity contribution >= 4 is 22.7 Å². The summed E-state index contributed by atoms with van der Waals surface area (Å²) in [6, 6.07) is 7.65. The quantitative estimate of drug-likeness (QED) is 0.409. The molecule has 0 amide bonds. The van der Waals surface area contributed by atoms with E-state index in [4.69, 9.17) is 6.57 Å². The van der Waals surface area contributed by atoms with Gasteiger partial charge in [-0.05, 0) is 63.7 Å². The van der Waals surface area contributed by atoms with Gasteiger partial charge in [0.05, 0.1) is 11.1 Å². The molecule has 1 fully saturated rings. The molecule has 1 aromatic carbocycles. The van der Waals surface area contributed by atoms with E-state index in [-0.39, 0.29) is 36.1 Å². The summed E-state index contributed by atoms with van der Waals surface area (Å²) in [5.41, 5.74) is 1.20. The Morgan fingerprint density at radius 3 is 2.51 bits per heavy atom. The second-order valence-corrected chi connectivity index (χ2v) is 10.5. The van der Waals surface area contributed by atoms with E-state index in [1.165, 1.54) is 10.6 Å². The van der Waals surface area contributed by atoms with Crippen LogP contribution in [-0.4, -0.2) is 63.6 Å². The normalized spacial score (nSPS) is 19.5. The van der Waals surface area contributed by atoms with Gasteiger partial charge in [0.1, 0.15) is 0 Å². The van der Waals surface area contributed by atoms with Gasteiger partial charge in [0.25, 0.3) is 5.82 Å². The largest absolute Gasteiger partial charge is 0.416 e. The Bertz CT molecular complexity index is 1460. The fraction of sp³-hybridized carbons (Fsp3) is 0.500. The maximum atomic E-state index is 13.7. The summed E-state index contributed by atoms with van der Waals surface area (Å²) in [5, 5.41) is 0. The van der Waals surface area contributed by atoms with Crippen molar-refractivity contribution in [3.63, 3.8) is 0 Å². The molecule has 0 spiro atoms. The number of rotatable bonds is 6. The first kappa shape index (κ1) is 28.5. The highest BCUT2D eigenvalue weighted by atomic mass is 19.4. The van der Waals surface area contributed by atoms with Crippen molar-refractivity contribution in [2.75, 3.05) is 32.1 Å². The molecule has 2 aromatic heterocycles. The SMILES string of the molecule is [C-]#[N+]c1ccc2c(n1)c(N1C[C@@H](CC)N(C(C)c3ccc(C(F)(F)F)c(CN(C)C)c3)C[C@@H]1C)nc(=O)n2C.